The quantitative estimate of drug-likeness (QED) is 0.672. The number of aromatic nitrogens is 1. The van der Waals surface area contributed by atoms with Crippen LogP contribution in [0.2, 0.25) is 0 Å². The van der Waals surface area contributed by atoms with Crippen LogP contribution in [0.5, 0.6) is 0 Å². The van der Waals surface area contributed by atoms with Crippen LogP contribution in [0.1, 0.15) is 27.5 Å². The zero-order valence-electron chi connectivity index (χ0n) is 19.2. The first kappa shape index (κ1) is 21.5. The number of aryl methyl sites for hydroxylation is 1. The lowest BCUT2D eigenvalue weighted by Crippen LogP contribution is -2.50. The normalized spacial score (nSPS) is 18.9. The second-order valence-electron chi connectivity index (χ2n) is 8.86. The van der Waals surface area contributed by atoms with Crippen LogP contribution in [0.25, 0.3) is 0 Å². The summed E-state index contributed by atoms with van der Waals surface area (Å²) in [6.45, 7) is 7.72. The van der Waals surface area contributed by atoms with Crippen molar-refractivity contribution in [1.82, 2.24) is 15.2 Å². The number of carbonyl (C=O) groups excluding carboxylic acids is 1. The molecule has 2 aromatic carbocycles. The van der Waals surface area contributed by atoms with Gasteiger partial charge in [-0.25, -0.2) is 4.98 Å². The summed E-state index contributed by atoms with van der Waals surface area (Å²) < 4.78 is 0. The molecule has 0 spiro atoms. The maximum atomic E-state index is 13.5. The average Bonchev–Trinajstić information content (AvgIpc) is 2.89. The second-order valence-corrected chi connectivity index (χ2v) is 8.86. The number of benzene rings is 2. The number of nitrogens with zero attached hydrogens (tertiary/aromatic N) is 4. The molecule has 2 aliphatic rings. The Morgan fingerprint density at radius 1 is 0.909 bits per heavy atom. The summed E-state index contributed by atoms with van der Waals surface area (Å²) in [5, 5.41) is 3.60. The Morgan fingerprint density at radius 2 is 1.73 bits per heavy atom. The third kappa shape index (κ3) is 4.71. The summed E-state index contributed by atoms with van der Waals surface area (Å²) in [5.41, 5.74) is 4.46. The smallest absolute Gasteiger partial charge is 0.257 e. The van der Waals surface area contributed by atoms with E-state index in [0.29, 0.717) is 5.56 Å². The Balaban J connectivity index is 1.29. The van der Waals surface area contributed by atoms with Crippen LogP contribution in [-0.4, -0.2) is 61.6 Å². The van der Waals surface area contributed by atoms with Gasteiger partial charge in [0.05, 0.1) is 5.56 Å². The van der Waals surface area contributed by atoms with E-state index in [1.807, 2.05) is 23.1 Å². The van der Waals surface area contributed by atoms with Gasteiger partial charge in [-0.3, -0.25) is 4.79 Å². The molecule has 0 unspecified atom stereocenters. The minimum absolute atomic E-state index is 0.0804. The van der Waals surface area contributed by atoms with E-state index in [9.17, 15) is 4.79 Å². The Bertz CT molecular complexity index is 1090. The highest BCUT2D eigenvalue weighted by atomic mass is 16.2. The molecule has 0 saturated carbocycles. The Kier molecular flexibility index (Phi) is 6.26. The van der Waals surface area contributed by atoms with E-state index in [1.54, 1.807) is 6.20 Å². The van der Waals surface area contributed by atoms with Crippen molar-refractivity contribution in [3.8, 4) is 0 Å². The molecule has 33 heavy (non-hydrogen) atoms. The molecule has 0 radical (unpaired) electrons. The molecule has 1 amide bonds. The molecule has 5 rings (SSSR count). The van der Waals surface area contributed by atoms with Gasteiger partial charge in [-0.2, -0.15) is 0 Å². The standard InChI is InChI=1S/C27H31N5O/c1-21-7-5-10-23(19-21)30-15-17-31(18-16-30)27(33)24-11-6-12-29-26(24)32-14-13-28-25(20-32)22-8-3-2-4-9-22/h2-12,19,25,28H,13-18,20H2,1H3/t25-/m0/s1. The second kappa shape index (κ2) is 9.63. The minimum atomic E-state index is 0.0804. The van der Waals surface area contributed by atoms with Crippen LogP contribution in [0.15, 0.2) is 72.9 Å². The first-order chi connectivity index (χ1) is 16.2. The van der Waals surface area contributed by atoms with Crippen molar-refractivity contribution < 1.29 is 4.79 Å². The lowest BCUT2D eigenvalue weighted by molar-refractivity contribution is 0.0747. The van der Waals surface area contributed by atoms with E-state index in [4.69, 9.17) is 0 Å². The molecule has 2 aliphatic heterocycles. The zero-order chi connectivity index (χ0) is 22.6. The maximum Gasteiger partial charge on any atom is 0.257 e. The molecule has 6 heteroatoms. The fraction of sp³-hybridized carbons (Fsp3) is 0.333. The van der Waals surface area contributed by atoms with Gasteiger partial charge in [-0.15, -0.1) is 0 Å². The molecule has 170 valence electrons. The van der Waals surface area contributed by atoms with Gasteiger partial charge in [0.25, 0.3) is 5.91 Å². The van der Waals surface area contributed by atoms with Gasteiger partial charge in [0.2, 0.25) is 0 Å². The van der Waals surface area contributed by atoms with Crippen molar-refractivity contribution in [1.29, 1.82) is 0 Å². The number of hydrogen-bond donors (Lipinski definition) is 1. The van der Waals surface area contributed by atoms with Crippen molar-refractivity contribution in [2.75, 3.05) is 55.6 Å². The van der Waals surface area contributed by atoms with Crippen molar-refractivity contribution in [3.05, 3.63) is 89.6 Å². The largest absolute Gasteiger partial charge is 0.368 e. The van der Waals surface area contributed by atoms with Gasteiger partial charge in [0.15, 0.2) is 0 Å². The monoisotopic (exact) mass is 441 g/mol. The number of carbonyl (C=O) groups is 1. The number of pyridine rings is 1. The molecule has 1 N–H and O–H groups in total. The molecule has 1 atom stereocenters. The molecule has 2 fully saturated rings. The summed E-state index contributed by atoms with van der Waals surface area (Å²) in [6, 6.07) is 23.1. The topological polar surface area (TPSA) is 51.7 Å². The number of hydrogen-bond acceptors (Lipinski definition) is 5. The van der Waals surface area contributed by atoms with Gasteiger partial charge in [-0.1, -0.05) is 42.5 Å². The highest BCUT2D eigenvalue weighted by Gasteiger charge is 2.28. The predicted octanol–water partition coefficient (Wildman–Crippen LogP) is 3.50. The zero-order valence-corrected chi connectivity index (χ0v) is 19.2. The van der Waals surface area contributed by atoms with Crippen LogP contribution in [-0.2, 0) is 0 Å². The van der Waals surface area contributed by atoms with Gasteiger partial charge in [-0.05, 0) is 42.3 Å². The summed E-state index contributed by atoms with van der Waals surface area (Å²) in [6.07, 6.45) is 1.79. The minimum Gasteiger partial charge on any atom is -0.368 e. The van der Waals surface area contributed by atoms with Crippen LogP contribution in [0.3, 0.4) is 0 Å². The molecule has 6 nitrogen and oxygen atoms in total. The molecule has 0 bridgehead atoms. The summed E-state index contributed by atoms with van der Waals surface area (Å²) >= 11 is 0. The van der Waals surface area contributed by atoms with Crippen LogP contribution in [0.4, 0.5) is 11.5 Å². The number of nitrogens with one attached hydrogen (secondary N) is 1. The van der Waals surface area contributed by atoms with Gasteiger partial charge >= 0.3 is 0 Å². The lowest BCUT2D eigenvalue weighted by Gasteiger charge is -2.38. The summed E-state index contributed by atoms with van der Waals surface area (Å²) in [4.78, 5) is 24.8. The fourth-order valence-electron chi connectivity index (χ4n) is 4.83. The Hall–Kier alpha value is -3.38. The molecule has 2 saturated heterocycles. The van der Waals surface area contributed by atoms with Gasteiger partial charge in [0, 0.05) is 63.7 Å². The molecular formula is C27H31N5O. The maximum absolute atomic E-state index is 13.5. The van der Waals surface area contributed by atoms with Crippen molar-refractivity contribution in [2.45, 2.75) is 13.0 Å². The molecule has 3 aromatic rings. The first-order valence-corrected chi connectivity index (χ1v) is 11.8. The average molecular weight is 442 g/mol. The predicted molar refractivity (Wildman–Crippen MR) is 133 cm³/mol. The summed E-state index contributed by atoms with van der Waals surface area (Å²) in [5.74, 6) is 0.878. The van der Waals surface area contributed by atoms with E-state index >= 15 is 0 Å². The van der Waals surface area contributed by atoms with Crippen LogP contribution in [0, 0.1) is 6.92 Å². The first-order valence-electron chi connectivity index (χ1n) is 11.8. The molecule has 1 aromatic heterocycles. The number of anilines is 2. The highest BCUT2D eigenvalue weighted by molar-refractivity contribution is 5.99. The molecule has 0 aliphatic carbocycles. The van der Waals surface area contributed by atoms with E-state index in [-0.39, 0.29) is 11.9 Å². The van der Waals surface area contributed by atoms with Crippen molar-refractivity contribution in [2.24, 2.45) is 0 Å². The van der Waals surface area contributed by atoms with Gasteiger partial charge < -0.3 is 20.0 Å². The van der Waals surface area contributed by atoms with Crippen LogP contribution >= 0.6 is 0 Å². The number of piperazine rings is 2. The van der Waals surface area contributed by atoms with Crippen LogP contribution < -0.4 is 15.1 Å². The molecular weight excluding hydrogens is 410 g/mol. The van der Waals surface area contributed by atoms with E-state index in [2.05, 4.69) is 75.6 Å². The van der Waals surface area contributed by atoms with E-state index in [1.165, 1.54) is 16.8 Å². The lowest BCUT2D eigenvalue weighted by atomic mass is 10.0. The third-order valence-corrected chi connectivity index (χ3v) is 6.63. The van der Waals surface area contributed by atoms with Crippen molar-refractivity contribution in [3.63, 3.8) is 0 Å². The SMILES string of the molecule is Cc1cccc(N2CCN(C(=O)c3cccnc3N3CCN[C@H](c4ccccc4)C3)CC2)c1. The Labute approximate surface area is 195 Å². The van der Waals surface area contributed by atoms with Gasteiger partial charge in [0.1, 0.15) is 5.82 Å². The van der Waals surface area contributed by atoms with Crippen molar-refractivity contribution >= 4 is 17.4 Å². The number of amides is 1. The highest BCUT2D eigenvalue weighted by Crippen LogP contribution is 2.26. The third-order valence-electron chi connectivity index (χ3n) is 6.63. The van der Waals surface area contributed by atoms with E-state index in [0.717, 1.165) is 51.6 Å². The van der Waals surface area contributed by atoms with E-state index < -0.39 is 0 Å². The molecule has 3 heterocycles. The number of rotatable bonds is 4. The Morgan fingerprint density at radius 3 is 2.52 bits per heavy atom. The fourth-order valence-corrected chi connectivity index (χ4v) is 4.83. The summed E-state index contributed by atoms with van der Waals surface area (Å²) in [7, 11) is 0.